The third-order valence-corrected chi connectivity index (χ3v) is 4.58. The van der Waals surface area contributed by atoms with Crippen molar-refractivity contribution in [3.63, 3.8) is 0 Å². The van der Waals surface area contributed by atoms with E-state index in [4.69, 9.17) is 9.47 Å². The number of fused-ring (bicyclic) bond motifs is 1. The molecule has 0 aromatic rings. The quantitative estimate of drug-likeness (QED) is 0.642. The number of hydrogen-bond acceptors (Lipinski definition) is 3. The fraction of sp³-hybridized carbons (Fsp3) is 0.923. The van der Waals surface area contributed by atoms with Crippen LogP contribution in [0.1, 0.15) is 58.3 Å². The van der Waals surface area contributed by atoms with Gasteiger partial charge in [-0.05, 0) is 31.6 Å². The van der Waals surface area contributed by atoms with Crippen molar-refractivity contribution in [2.24, 2.45) is 5.92 Å². The zero-order chi connectivity index (χ0) is 11.2. The minimum Gasteiger partial charge on any atom is -0.433 e. The number of esters is 1. The van der Waals surface area contributed by atoms with Crippen molar-refractivity contribution in [1.29, 1.82) is 0 Å². The highest BCUT2D eigenvalue weighted by Gasteiger charge is 2.60. The van der Waals surface area contributed by atoms with Crippen LogP contribution in [-0.2, 0) is 14.3 Å². The van der Waals surface area contributed by atoms with Crippen LogP contribution in [0, 0.1) is 5.92 Å². The van der Waals surface area contributed by atoms with E-state index in [2.05, 4.69) is 0 Å². The summed E-state index contributed by atoms with van der Waals surface area (Å²) in [6, 6.07) is 0. The molecule has 3 heteroatoms. The average molecular weight is 224 g/mol. The van der Waals surface area contributed by atoms with E-state index in [1.165, 1.54) is 39.0 Å². The Morgan fingerprint density at radius 1 is 1.25 bits per heavy atom. The van der Waals surface area contributed by atoms with Crippen molar-refractivity contribution in [2.75, 3.05) is 0 Å². The van der Waals surface area contributed by atoms with Crippen LogP contribution >= 0.6 is 0 Å². The highest BCUT2D eigenvalue weighted by molar-refractivity contribution is 5.66. The summed E-state index contributed by atoms with van der Waals surface area (Å²) in [5, 5.41) is 0. The molecular weight excluding hydrogens is 204 g/mol. The first-order valence-electron chi connectivity index (χ1n) is 6.54. The minimum absolute atomic E-state index is 0.0615. The molecule has 3 atom stereocenters. The van der Waals surface area contributed by atoms with Gasteiger partial charge in [-0.15, -0.1) is 0 Å². The fourth-order valence-corrected chi connectivity index (χ4v) is 4.06. The zero-order valence-corrected chi connectivity index (χ0v) is 9.96. The molecule has 1 saturated carbocycles. The Balaban J connectivity index is 1.86. The molecule has 1 aliphatic carbocycles. The molecule has 16 heavy (non-hydrogen) atoms. The summed E-state index contributed by atoms with van der Waals surface area (Å²) in [4.78, 5) is 11.2. The molecule has 0 amide bonds. The smallest absolute Gasteiger partial charge is 0.305 e. The molecular formula is C13H20O3. The SMILES string of the molecule is CC(=O)O[C@]12CCC[C@@]3(CCCCC3C1)O2. The highest BCUT2D eigenvalue weighted by atomic mass is 16.7. The summed E-state index contributed by atoms with van der Waals surface area (Å²) in [6.07, 6.45) is 9.14. The van der Waals surface area contributed by atoms with Crippen LogP contribution in [0.4, 0.5) is 0 Å². The molecule has 3 fully saturated rings. The van der Waals surface area contributed by atoms with Crippen molar-refractivity contribution < 1.29 is 14.3 Å². The standard InChI is InChI=1S/C13H20O3/c1-10(14)15-13-8-4-7-12(16-13)6-3-2-5-11(12)9-13/h11H,2-9H2,1H3/t11?,12-,13+/m1/s1. The first-order chi connectivity index (χ1) is 7.64. The molecule has 90 valence electrons. The largest absolute Gasteiger partial charge is 0.433 e. The van der Waals surface area contributed by atoms with Crippen LogP contribution in [0.25, 0.3) is 0 Å². The Hall–Kier alpha value is -0.570. The second kappa shape index (κ2) is 3.46. The van der Waals surface area contributed by atoms with Crippen molar-refractivity contribution in [3.05, 3.63) is 0 Å². The molecule has 2 aliphatic heterocycles. The summed E-state index contributed by atoms with van der Waals surface area (Å²) in [5.41, 5.74) is 0.0615. The van der Waals surface area contributed by atoms with E-state index in [1.54, 1.807) is 0 Å². The van der Waals surface area contributed by atoms with E-state index in [1.807, 2.05) is 0 Å². The van der Waals surface area contributed by atoms with Crippen LogP contribution in [0.5, 0.6) is 0 Å². The van der Waals surface area contributed by atoms with E-state index in [0.29, 0.717) is 5.92 Å². The molecule has 3 aliphatic rings. The summed E-state index contributed by atoms with van der Waals surface area (Å²) in [7, 11) is 0. The second-order valence-corrected chi connectivity index (χ2v) is 5.67. The van der Waals surface area contributed by atoms with Gasteiger partial charge in [0.25, 0.3) is 0 Å². The topological polar surface area (TPSA) is 35.5 Å². The van der Waals surface area contributed by atoms with E-state index < -0.39 is 5.79 Å². The highest BCUT2D eigenvalue weighted by Crippen LogP contribution is 2.57. The van der Waals surface area contributed by atoms with Crippen LogP contribution in [0.2, 0.25) is 0 Å². The van der Waals surface area contributed by atoms with Gasteiger partial charge in [-0.2, -0.15) is 0 Å². The van der Waals surface area contributed by atoms with Gasteiger partial charge in [-0.25, -0.2) is 0 Å². The second-order valence-electron chi connectivity index (χ2n) is 5.67. The summed E-state index contributed by atoms with van der Waals surface area (Å²) >= 11 is 0. The third kappa shape index (κ3) is 1.48. The van der Waals surface area contributed by atoms with Crippen LogP contribution < -0.4 is 0 Å². The van der Waals surface area contributed by atoms with E-state index in [9.17, 15) is 4.79 Å². The monoisotopic (exact) mass is 224 g/mol. The Bertz CT molecular complexity index is 310. The first kappa shape index (κ1) is 10.6. The molecule has 1 spiro atoms. The lowest BCUT2D eigenvalue weighted by Gasteiger charge is -2.42. The Morgan fingerprint density at radius 3 is 2.88 bits per heavy atom. The molecule has 2 bridgehead atoms. The maximum Gasteiger partial charge on any atom is 0.305 e. The lowest BCUT2D eigenvalue weighted by Crippen LogP contribution is -2.45. The van der Waals surface area contributed by atoms with Gasteiger partial charge >= 0.3 is 5.97 Å². The molecule has 0 aromatic carbocycles. The van der Waals surface area contributed by atoms with Gasteiger partial charge in [0, 0.05) is 19.8 Å². The van der Waals surface area contributed by atoms with Gasteiger partial charge in [0.15, 0.2) is 0 Å². The van der Waals surface area contributed by atoms with Crippen LogP contribution in [0.3, 0.4) is 0 Å². The Morgan fingerprint density at radius 2 is 2.06 bits per heavy atom. The maximum absolute atomic E-state index is 11.2. The van der Waals surface area contributed by atoms with Gasteiger partial charge < -0.3 is 9.47 Å². The molecule has 0 aromatic heterocycles. The van der Waals surface area contributed by atoms with Crippen molar-refractivity contribution in [2.45, 2.75) is 69.7 Å². The maximum atomic E-state index is 11.2. The molecule has 0 radical (unpaired) electrons. The van der Waals surface area contributed by atoms with Gasteiger partial charge in [0.2, 0.25) is 5.79 Å². The number of ether oxygens (including phenoxy) is 2. The molecule has 0 N–H and O–H groups in total. The van der Waals surface area contributed by atoms with E-state index in [0.717, 1.165) is 19.3 Å². The molecule has 2 heterocycles. The van der Waals surface area contributed by atoms with Gasteiger partial charge in [0.05, 0.1) is 5.60 Å². The van der Waals surface area contributed by atoms with E-state index >= 15 is 0 Å². The predicted octanol–water partition coefficient (Wildman–Crippen LogP) is 2.78. The molecule has 3 rings (SSSR count). The zero-order valence-electron chi connectivity index (χ0n) is 9.96. The van der Waals surface area contributed by atoms with Crippen LogP contribution in [0.15, 0.2) is 0 Å². The number of carbonyl (C=O) groups is 1. The molecule has 2 saturated heterocycles. The van der Waals surface area contributed by atoms with Crippen LogP contribution in [-0.4, -0.2) is 17.4 Å². The lowest BCUT2D eigenvalue weighted by atomic mass is 9.74. The average Bonchev–Trinajstić information content (AvgIpc) is 2.42. The predicted molar refractivity (Wildman–Crippen MR) is 58.7 cm³/mol. The first-order valence-corrected chi connectivity index (χ1v) is 6.54. The van der Waals surface area contributed by atoms with Gasteiger partial charge in [-0.1, -0.05) is 12.8 Å². The summed E-state index contributed by atoms with van der Waals surface area (Å²) in [6.45, 7) is 1.49. The molecule has 3 nitrogen and oxygen atoms in total. The van der Waals surface area contributed by atoms with Crippen molar-refractivity contribution in [1.82, 2.24) is 0 Å². The van der Waals surface area contributed by atoms with Gasteiger partial charge in [-0.3, -0.25) is 4.79 Å². The normalized spacial score (nSPS) is 46.2. The third-order valence-electron chi connectivity index (χ3n) is 4.58. The van der Waals surface area contributed by atoms with Crippen molar-refractivity contribution >= 4 is 5.97 Å². The Labute approximate surface area is 96.5 Å². The minimum atomic E-state index is -0.556. The van der Waals surface area contributed by atoms with E-state index in [-0.39, 0.29) is 11.6 Å². The number of carbonyl (C=O) groups excluding carboxylic acids is 1. The fourth-order valence-electron chi connectivity index (χ4n) is 4.06. The number of rotatable bonds is 1. The van der Waals surface area contributed by atoms with Gasteiger partial charge in [0.1, 0.15) is 0 Å². The summed E-state index contributed by atoms with van der Waals surface area (Å²) in [5.74, 6) is -0.127. The van der Waals surface area contributed by atoms with Crippen molar-refractivity contribution in [3.8, 4) is 0 Å². The number of hydrogen-bond donors (Lipinski definition) is 0. The summed E-state index contributed by atoms with van der Waals surface area (Å²) < 4.78 is 11.7. The Kier molecular flexibility index (Phi) is 2.29. The lowest BCUT2D eigenvalue weighted by molar-refractivity contribution is -0.266. The molecule has 1 unspecified atom stereocenters.